The third kappa shape index (κ3) is 7.90. The highest BCUT2D eigenvalue weighted by Gasteiger charge is 2.28. The van der Waals surface area contributed by atoms with E-state index in [0.29, 0.717) is 38.8 Å². The molecule has 0 saturated heterocycles. The Labute approximate surface area is 283 Å². The van der Waals surface area contributed by atoms with E-state index < -0.39 is 20.2 Å². The lowest BCUT2D eigenvalue weighted by Gasteiger charge is -2.22. The fraction of sp³-hybridized carbons (Fsp3) is 0.286. The van der Waals surface area contributed by atoms with E-state index in [0.717, 1.165) is 64.4 Å². The van der Waals surface area contributed by atoms with Crippen molar-refractivity contribution in [3.05, 3.63) is 94.5 Å². The van der Waals surface area contributed by atoms with Gasteiger partial charge >= 0.3 is 0 Å². The van der Waals surface area contributed by atoms with Crippen molar-refractivity contribution in [1.82, 2.24) is 0 Å². The number of nitrogens with zero attached hydrogens (tertiary/aromatic N) is 2. The zero-order valence-corrected chi connectivity index (χ0v) is 29.2. The van der Waals surface area contributed by atoms with Gasteiger partial charge in [-0.1, -0.05) is 84.6 Å². The normalized spacial score (nSPS) is 15.0. The summed E-state index contributed by atoms with van der Waals surface area (Å²) < 4.78 is 71.1. The molecule has 0 spiro atoms. The number of thiazole rings is 1. The number of benzene rings is 4. The molecule has 0 fully saturated rings. The number of hydrogen-bond donors (Lipinski definition) is 0. The number of aromatic nitrogens is 1. The predicted octanol–water partition coefficient (Wildman–Crippen LogP) is 7.39. The molecule has 0 unspecified atom stereocenters. The molecule has 0 N–H and O–H groups in total. The molecule has 4 aromatic carbocycles. The summed E-state index contributed by atoms with van der Waals surface area (Å²) in [5, 5.41) is 6.55. The van der Waals surface area contributed by atoms with E-state index >= 15 is 0 Å². The lowest BCUT2D eigenvalue weighted by molar-refractivity contribution is -0.668. The van der Waals surface area contributed by atoms with Crippen molar-refractivity contribution in [2.75, 3.05) is 23.0 Å². The molecule has 1 aliphatic rings. The molecule has 0 amide bonds. The Hall–Kier alpha value is -3.26. The maximum absolute atomic E-state index is 11.3. The van der Waals surface area contributed by atoms with Gasteiger partial charge in [0.25, 0.3) is 5.01 Å². The Morgan fingerprint density at radius 3 is 2.15 bits per heavy atom. The third-order valence-electron chi connectivity index (χ3n) is 8.31. The van der Waals surface area contributed by atoms with Crippen molar-refractivity contribution >= 4 is 86.9 Å². The highest BCUT2D eigenvalue weighted by molar-refractivity contribution is 8.03. The summed E-state index contributed by atoms with van der Waals surface area (Å²) in [5.41, 5.74) is 3.29. The minimum absolute atomic E-state index is 0.292. The van der Waals surface area contributed by atoms with E-state index in [-0.39, 0.29) is 11.5 Å². The second-order valence-electron chi connectivity index (χ2n) is 11.6. The molecule has 246 valence electrons. The van der Waals surface area contributed by atoms with Gasteiger partial charge in [0.2, 0.25) is 5.52 Å². The molecule has 0 bridgehead atoms. The molecule has 8 nitrogen and oxygen atoms in total. The van der Waals surface area contributed by atoms with E-state index in [2.05, 4.69) is 77.1 Å². The third-order valence-corrected chi connectivity index (χ3v) is 12.1. The Balaban J connectivity index is 1.40. The van der Waals surface area contributed by atoms with E-state index in [1.54, 1.807) is 23.1 Å². The van der Waals surface area contributed by atoms with Gasteiger partial charge in [-0.3, -0.25) is 0 Å². The van der Waals surface area contributed by atoms with Crippen LogP contribution in [0.3, 0.4) is 0 Å². The molecule has 47 heavy (non-hydrogen) atoms. The van der Waals surface area contributed by atoms with Crippen molar-refractivity contribution in [3.8, 4) is 0 Å². The molecule has 0 radical (unpaired) electrons. The van der Waals surface area contributed by atoms with Gasteiger partial charge < -0.3 is 14.0 Å². The highest BCUT2D eigenvalue weighted by Crippen LogP contribution is 2.50. The van der Waals surface area contributed by atoms with Crippen LogP contribution < -0.4 is 9.47 Å². The van der Waals surface area contributed by atoms with Crippen molar-refractivity contribution in [1.29, 1.82) is 0 Å². The van der Waals surface area contributed by atoms with Crippen LogP contribution >= 0.6 is 23.1 Å². The summed E-state index contributed by atoms with van der Waals surface area (Å²) in [6.07, 6.45) is 6.83. The van der Waals surface area contributed by atoms with Crippen LogP contribution in [0.4, 0.5) is 5.69 Å². The Morgan fingerprint density at radius 2 is 1.45 bits per heavy atom. The number of rotatable bonds is 13. The maximum atomic E-state index is 11.3. The molecular formula is C35H35N2O6S4-. The van der Waals surface area contributed by atoms with Crippen LogP contribution in [0.15, 0.2) is 94.4 Å². The molecule has 6 rings (SSSR count). The van der Waals surface area contributed by atoms with Gasteiger partial charge in [-0.2, -0.15) is 4.57 Å². The van der Waals surface area contributed by atoms with Crippen LogP contribution in [-0.4, -0.2) is 44.0 Å². The van der Waals surface area contributed by atoms with E-state index in [4.69, 9.17) is 0 Å². The number of fused-ring (bicyclic) bond motifs is 6. The van der Waals surface area contributed by atoms with Gasteiger partial charge in [-0.15, -0.1) is 0 Å². The average molecular weight is 708 g/mol. The van der Waals surface area contributed by atoms with Gasteiger partial charge in [-0.25, -0.2) is 16.8 Å². The summed E-state index contributed by atoms with van der Waals surface area (Å²) in [6.45, 7) is 3.26. The lowest BCUT2D eigenvalue weighted by Crippen LogP contribution is -2.35. The molecular weight excluding hydrogens is 673 g/mol. The molecule has 0 aliphatic carbocycles. The quantitative estimate of drug-likeness (QED) is 0.0706. The Bertz CT molecular complexity index is 2240. The van der Waals surface area contributed by atoms with Crippen molar-refractivity contribution in [2.24, 2.45) is 0 Å². The minimum Gasteiger partial charge on any atom is -0.748 e. The molecule has 2 heterocycles. The highest BCUT2D eigenvalue weighted by atomic mass is 32.2. The van der Waals surface area contributed by atoms with Gasteiger partial charge in [0.1, 0.15) is 4.70 Å². The summed E-state index contributed by atoms with van der Waals surface area (Å²) in [7, 11) is -8.55. The van der Waals surface area contributed by atoms with Crippen LogP contribution in [0.1, 0.15) is 44.0 Å². The van der Waals surface area contributed by atoms with E-state index in [1.807, 2.05) is 24.3 Å². The first kappa shape index (κ1) is 33.6. The molecule has 0 atom stereocenters. The fourth-order valence-corrected chi connectivity index (χ4v) is 9.54. The Kier molecular flexibility index (Phi) is 10.1. The number of hydrogen-bond acceptors (Lipinski definition) is 9. The summed E-state index contributed by atoms with van der Waals surface area (Å²) >= 11 is 3.37. The van der Waals surface area contributed by atoms with Crippen LogP contribution in [0.2, 0.25) is 0 Å². The second-order valence-corrected chi connectivity index (χ2v) is 16.8. The van der Waals surface area contributed by atoms with E-state index in [1.165, 1.54) is 0 Å². The predicted molar refractivity (Wildman–Crippen MR) is 191 cm³/mol. The minimum atomic E-state index is -4.28. The van der Waals surface area contributed by atoms with Gasteiger partial charge in [0.15, 0.2) is 6.54 Å². The number of allylic oxidation sites excluding steroid dienone is 2. The zero-order chi connectivity index (χ0) is 33.2. The number of aryl methyl sites for hydroxylation is 1. The smallest absolute Gasteiger partial charge is 0.263 e. The van der Waals surface area contributed by atoms with Gasteiger partial charge in [0.05, 0.1) is 36.3 Å². The fourth-order valence-electron chi connectivity index (χ4n) is 6.07. The molecule has 1 aromatic heterocycles. The standard InChI is InChI=1S/C35H36N2O6S4/c1-2-25(23-32-36(19-7-9-21-46(38,39)40)34-28-13-5-3-11-26(28)15-17-30(34)44-32)24-33-37(20-8-10-22-47(41,42)43)35-29-14-6-4-12-27(29)16-18-31(35)45-33/h3-6,11-18,23-24H,2,7-10,19-22H2,1H3,(H-,38,39,40,41,42,43)/p-1. The molecule has 12 heteroatoms. The first-order chi connectivity index (χ1) is 22.5. The average Bonchev–Trinajstić information content (AvgIpc) is 3.57. The summed E-state index contributed by atoms with van der Waals surface area (Å²) in [5.74, 6) is -0.756. The van der Waals surface area contributed by atoms with Crippen LogP contribution in [0, 0.1) is 0 Å². The maximum Gasteiger partial charge on any atom is 0.263 e. The molecule has 0 saturated carbocycles. The number of thioether (sulfide) groups is 1. The van der Waals surface area contributed by atoms with Crippen molar-refractivity contribution < 1.29 is 30.5 Å². The number of unbranched alkanes of at least 4 members (excludes halogenated alkanes) is 2. The first-order valence-electron chi connectivity index (χ1n) is 15.6. The summed E-state index contributed by atoms with van der Waals surface area (Å²) in [4.78, 5) is 3.37. The monoisotopic (exact) mass is 707 g/mol. The first-order valence-corrected chi connectivity index (χ1v) is 20.4. The van der Waals surface area contributed by atoms with Gasteiger partial charge in [-0.05, 0) is 66.3 Å². The van der Waals surface area contributed by atoms with Crippen LogP contribution in [0.5, 0.6) is 0 Å². The lowest BCUT2D eigenvalue weighted by atomic mass is 10.1. The topological polar surface area (TPSA) is 122 Å². The summed E-state index contributed by atoms with van der Waals surface area (Å²) in [6, 6.07) is 24.9. The number of anilines is 1. The van der Waals surface area contributed by atoms with Crippen molar-refractivity contribution in [2.45, 2.75) is 50.5 Å². The Morgan fingerprint density at radius 1 is 0.809 bits per heavy atom. The SMILES string of the molecule is CCC(=Cc1sc2ccc3ccccc3c2[n+]1CCCCS(=O)(=O)[O-])C=C1Sc2ccc3ccccc3c2N1CCCCS(=O)(=O)[O-]. The van der Waals surface area contributed by atoms with Crippen molar-refractivity contribution in [3.63, 3.8) is 0 Å². The van der Waals surface area contributed by atoms with Crippen LogP contribution in [0.25, 0.3) is 37.8 Å². The van der Waals surface area contributed by atoms with Gasteiger partial charge in [0, 0.05) is 40.8 Å². The second kappa shape index (κ2) is 14.1. The molecule has 5 aromatic rings. The van der Waals surface area contributed by atoms with Crippen LogP contribution in [-0.2, 0) is 26.8 Å². The molecule has 1 aliphatic heterocycles. The van der Waals surface area contributed by atoms with E-state index in [9.17, 15) is 25.9 Å². The largest absolute Gasteiger partial charge is 0.748 e. The zero-order valence-electron chi connectivity index (χ0n) is 25.9.